The van der Waals surface area contributed by atoms with Crippen molar-refractivity contribution in [2.75, 3.05) is 13.1 Å². The van der Waals surface area contributed by atoms with Gasteiger partial charge in [0.25, 0.3) is 0 Å². The third-order valence-corrected chi connectivity index (χ3v) is 4.35. The molecule has 3 N–H and O–H groups in total. The predicted octanol–water partition coefficient (Wildman–Crippen LogP) is 3.45. The van der Waals surface area contributed by atoms with Gasteiger partial charge in [0.1, 0.15) is 0 Å². The fourth-order valence-corrected chi connectivity index (χ4v) is 2.61. The van der Waals surface area contributed by atoms with Crippen LogP contribution in [0.25, 0.3) is 0 Å². The van der Waals surface area contributed by atoms with Gasteiger partial charge in [-0.2, -0.15) is 0 Å². The molecule has 1 aliphatic rings. The van der Waals surface area contributed by atoms with Crippen LogP contribution in [0.3, 0.4) is 0 Å². The zero-order valence-electron chi connectivity index (χ0n) is 12.5. The first kappa shape index (κ1) is 14.5. The third kappa shape index (κ3) is 4.05. The molecule has 2 nitrogen and oxygen atoms in total. The highest BCUT2D eigenvalue weighted by atomic mass is 14.9. The van der Waals surface area contributed by atoms with Gasteiger partial charge >= 0.3 is 0 Å². The van der Waals surface area contributed by atoms with Crippen LogP contribution in [0.4, 0.5) is 0 Å². The number of hydrogen-bond donors (Lipinski definition) is 2. The van der Waals surface area contributed by atoms with E-state index in [1.165, 1.54) is 24.0 Å². The third-order valence-electron chi connectivity index (χ3n) is 4.35. The number of benzene rings is 1. The average Bonchev–Trinajstić information content (AvgIpc) is 3.24. The molecule has 0 aliphatic heterocycles. The van der Waals surface area contributed by atoms with Crippen molar-refractivity contribution in [1.29, 1.82) is 0 Å². The van der Waals surface area contributed by atoms with E-state index in [0.29, 0.717) is 18.5 Å². The summed E-state index contributed by atoms with van der Waals surface area (Å²) in [5.41, 5.74) is 8.63. The molecule has 0 spiro atoms. The standard InChI is InChI=1S/C17H28N2/c1-12(2)14-4-8-16(9-5-14)17(10-18)19-11-13(3)15-6-7-15/h4-5,8-9,12-13,15,17,19H,6-7,10-11,18H2,1-3H3. The highest BCUT2D eigenvalue weighted by Gasteiger charge is 2.27. The molecule has 2 rings (SSSR count). The largest absolute Gasteiger partial charge is 0.329 e. The Morgan fingerprint density at radius 1 is 1.11 bits per heavy atom. The number of nitrogens with one attached hydrogen (secondary N) is 1. The van der Waals surface area contributed by atoms with Crippen LogP contribution in [-0.2, 0) is 0 Å². The average molecular weight is 260 g/mol. The second-order valence-electron chi connectivity index (χ2n) is 6.33. The molecular weight excluding hydrogens is 232 g/mol. The first-order valence-electron chi connectivity index (χ1n) is 7.65. The molecule has 2 atom stereocenters. The van der Waals surface area contributed by atoms with Crippen molar-refractivity contribution in [3.63, 3.8) is 0 Å². The summed E-state index contributed by atoms with van der Waals surface area (Å²) >= 11 is 0. The van der Waals surface area contributed by atoms with E-state index in [1.54, 1.807) is 0 Å². The van der Waals surface area contributed by atoms with Gasteiger partial charge in [0.05, 0.1) is 0 Å². The molecule has 1 aliphatic carbocycles. The number of rotatable bonds is 7. The molecule has 0 amide bonds. The Kier molecular flexibility index (Phi) is 5.00. The Hall–Kier alpha value is -0.860. The SMILES string of the molecule is CC(C)c1ccc(C(CN)NCC(C)C2CC2)cc1. The van der Waals surface area contributed by atoms with Crippen LogP contribution in [0.5, 0.6) is 0 Å². The van der Waals surface area contributed by atoms with Crippen molar-refractivity contribution in [2.45, 2.75) is 45.6 Å². The van der Waals surface area contributed by atoms with Gasteiger partial charge in [-0.15, -0.1) is 0 Å². The Balaban J connectivity index is 1.92. The van der Waals surface area contributed by atoms with Crippen LogP contribution in [0.2, 0.25) is 0 Å². The molecular formula is C17H28N2. The summed E-state index contributed by atoms with van der Waals surface area (Å²) in [7, 11) is 0. The molecule has 19 heavy (non-hydrogen) atoms. The molecule has 0 heterocycles. The molecule has 1 aromatic rings. The van der Waals surface area contributed by atoms with E-state index in [2.05, 4.69) is 50.4 Å². The molecule has 1 saturated carbocycles. The van der Waals surface area contributed by atoms with E-state index in [-0.39, 0.29) is 0 Å². The van der Waals surface area contributed by atoms with E-state index in [1.807, 2.05) is 0 Å². The summed E-state index contributed by atoms with van der Waals surface area (Å²) in [4.78, 5) is 0. The molecule has 2 heteroatoms. The lowest BCUT2D eigenvalue weighted by Crippen LogP contribution is -2.32. The van der Waals surface area contributed by atoms with Gasteiger partial charge in [0.2, 0.25) is 0 Å². The smallest absolute Gasteiger partial charge is 0.0444 e. The Bertz CT molecular complexity index is 379. The van der Waals surface area contributed by atoms with E-state index < -0.39 is 0 Å². The van der Waals surface area contributed by atoms with Crippen LogP contribution in [0.15, 0.2) is 24.3 Å². The summed E-state index contributed by atoms with van der Waals surface area (Å²) in [6, 6.07) is 9.20. The maximum atomic E-state index is 5.92. The fourth-order valence-electron chi connectivity index (χ4n) is 2.61. The highest BCUT2D eigenvalue weighted by Crippen LogP contribution is 2.36. The molecule has 0 aromatic heterocycles. The van der Waals surface area contributed by atoms with Crippen molar-refractivity contribution < 1.29 is 0 Å². The highest BCUT2D eigenvalue weighted by molar-refractivity contribution is 5.27. The van der Waals surface area contributed by atoms with E-state index >= 15 is 0 Å². The maximum absolute atomic E-state index is 5.92. The van der Waals surface area contributed by atoms with Crippen molar-refractivity contribution in [2.24, 2.45) is 17.6 Å². The zero-order chi connectivity index (χ0) is 13.8. The molecule has 106 valence electrons. The topological polar surface area (TPSA) is 38.0 Å². The molecule has 2 unspecified atom stereocenters. The molecule has 1 aromatic carbocycles. The summed E-state index contributed by atoms with van der Waals surface area (Å²) in [5.74, 6) is 2.33. The lowest BCUT2D eigenvalue weighted by molar-refractivity contribution is 0.422. The van der Waals surface area contributed by atoms with Crippen LogP contribution >= 0.6 is 0 Å². The first-order chi connectivity index (χ1) is 9.11. The normalized spacial score (nSPS) is 18.6. The van der Waals surface area contributed by atoms with Crippen LogP contribution in [0, 0.1) is 11.8 Å². The van der Waals surface area contributed by atoms with Gasteiger partial charge in [-0.3, -0.25) is 0 Å². The van der Waals surface area contributed by atoms with Gasteiger partial charge in [-0.25, -0.2) is 0 Å². The second-order valence-corrected chi connectivity index (χ2v) is 6.33. The van der Waals surface area contributed by atoms with Gasteiger partial charge in [-0.05, 0) is 48.3 Å². The van der Waals surface area contributed by atoms with Crippen LogP contribution < -0.4 is 11.1 Å². The Labute approximate surface area is 117 Å². The van der Waals surface area contributed by atoms with Gasteiger partial charge in [0, 0.05) is 12.6 Å². The van der Waals surface area contributed by atoms with Crippen molar-refractivity contribution in [3.05, 3.63) is 35.4 Å². The second kappa shape index (κ2) is 6.53. The minimum atomic E-state index is 0.294. The van der Waals surface area contributed by atoms with Gasteiger partial charge < -0.3 is 11.1 Å². The number of nitrogens with two attached hydrogens (primary N) is 1. The van der Waals surface area contributed by atoms with Crippen molar-refractivity contribution in [3.8, 4) is 0 Å². The summed E-state index contributed by atoms with van der Waals surface area (Å²) in [6.07, 6.45) is 2.83. The summed E-state index contributed by atoms with van der Waals surface area (Å²) in [6.45, 7) is 8.55. The van der Waals surface area contributed by atoms with Crippen LogP contribution in [-0.4, -0.2) is 13.1 Å². The molecule has 1 fully saturated rings. The monoisotopic (exact) mass is 260 g/mol. The van der Waals surface area contributed by atoms with Gasteiger partial charge in [-0.1, -0.05) is 45.0 Å². The molecule has 0 saturated heterocycles. The Morgan fingerprint density at radius 3 is 2.16 bits per heavy atom. The fraction of sp³-hybridized carbons (Fsp3) is 0.647. The maximum Gasteiger partial charge on any atom is 0.0444 e. The first-order valence-corrected chi connectivity index (χ1v) is 7.65. The number of hydrogen-bond acceptors (Lipinski definition) is 2. The summed E-state index contributed by atoms with van der Waals surface area (Å²) in [5, 5.41) is 3.63. The zero-order valence-corrected chi connectivity index (χ0v) is 12.5. The van der Waals surface area contributed by atoms with E-state index in [9.17, 15) is 0 Å². The Morgan fingerprint density at radius 2 is 1.68 bits per heavy atom. The molecule has 0 radical (unpaired) electrons. The van der Waals surface area contributed by atoms with Crippen molar-refractivity contribution >= 4 is 0 Å². The predicted molar refractivity (Wildman–Crippen MR) is 82.2 cm³/mol. The van der Waals surface area contributed by atoms with Crippen LogP contribution in [0.1, 0.15) is 56.7 Å². The minimum absolute atomic E-state index is 0.294. The van der Waals surface area contributed by atoms with Gasteiger partial charge in [0.15, 0.2) is 0 Å². The van der Waals surface area contributed by atoms with E-state index in [0.717, 1.165) is 18.4 Å². The lowest BCUT2D eigenvalue weighted by Gasteiger charge is -2.20. The lowest BCUT2D eigenvalue weighted by atomic mass is 9.98. The summed E-state index contributed by atoms with van der Waals surface area (Å²) < 4.78 is 0. The minimum Gasteiger partial charge on any atom is -0.329 e. The van der Waals surface area contributed by atoms with Crippen molar-refractivity contribution in [1.82, 2.24) is 5.32 Å². The molecule has 0 bridgehead atoms. The quantitative estimate of drug-likeness (QED) is 0.788. The van der Waals surface area contributed by atoms with E-state index in [4.69, 9.17) is 5.73 Å².